The number of fused-ring (bicyclic) bond motifs is 1. The molecule has 1 saturated carbocycles. The maximum atomic E-state index is 12.6. The van der Waals surface area contributed by atoms with Crippen LogP contribution in [-0.2, 0) is 4.79 Å². The van der Waals surface area contributed by atoms with Crippen LogP contribution in [0.3, 0.4) is 0 Å². The molecule has 4 rings (SSSR count). The molecular formula is C24H34IN5O3. The number of halogens is 1. The highest BCUT2D eigenvalue weighted by Crippen LogP contribution is 2.28. The average molecular weight is 567 g/mol. The summed E-state index contributed by atoms with van der Waals surface area (Å²) in [5.41, 5.74) is 0.995. The van der Waals surface area contributed by atoms with Gasteiger partial charge in [0.25, 0.3) is 11.8 Å². The third kappa shape index (κ3) is 5.85. The summed E-state index contributed by atoms with van der Waals surface area (Å²) in [6, 6.07) is 7.19. The smallest absolute Gasteiger partial charge is 0.261 e. The number of hydrogen-bond acceptors (Lipinski definition) is 4. The number of benzene rings is 1. The van der Waals surface area contributed by atoms with Crippen molar-refractivity contribution in [1.29, 1.82) is 0 Å². The number of imide groups is 1. The van der Waals surface area contributed by atoms with Crippen LogP contribution in [0.5, 0.6) is 0 Å². The summed E-state index contributed by atoms with van der Waals surface area (Å²) in [6.07, 6.45) is 6.90. The largest absolute Gasteiger partial charge is 0.356 e. The van der Waals surface area contributed by atoms with Gasteiger partial charge in [0.2, 0.25) is 5.91 Å². The molecule has 0 aromatic heterocycles. The van der Waals surface area contributed by atoms with Gasteiger partial charge in [-0.3, -0.25) is 24.3 Å². The number of hydrogen-bond donors (Lipinski definition) is 2. The van der Waals surface area contributed by atoms with Crippen molar-refractivity contribution < 1.29 is 14.4 Å². The number of amides is 3. The summed E-state index contributed by atoms with van der Waals surface area (Å²) < 4.78 is 0. The molecular weight excluding hydrogens is 533 g/mol. The van der Waals surface area contributed by atoms with Gasteiger partial charge in [0.1, 0.15) is 0 Å². The molecule has 1 aliphatic carbocycles. The van der Waals surface area contributed by atoms with E-state index in [1.807, 2.05) is 4.90 Å². The molecule has 2 heterocycles. The van der Waals surface area contributed by atoms with Crippen LogP contribution in [0.25, 0.3) is 0 Å². The number of unbranched alkanes of at least 4 members (excludes halogenated alkanes) is 1. The van der Waals surface area contributed by atoms with Crippen molar-refractivity contribution in [2.24, 2.45) is 10.9 Å². The number of nitrogens with one attached hydrogen (secondary N) is 2. The Morgan fingerprint density at radius 1 is 1.06 bits per heavy atom. The summed E-state index contributed by atoms with van der Waals surface area (Å²) in [6.45, 7) is 2.65. The summed E-state index contributed by atoms with van der Waals surface area (Å²) >= 11 is 0. The summed E-state index contributed by atoms with van der Waals surface area (Å²) in [5, 5.41) is 6.73. The van der Waals surface area contributed by atoms with E-state index >= 15 is 0 Å². The fourth-order valence-electron chi connectivity index (χ4n) is 4.94. The van der Waals surface area contributed by atoms with Gasteiger partial charge in [-0.05, 0) is 44.2 Å². The summed E-state index contributed by atoms with van der Waals surface area (Å²) in [4.78, 5) is 45.1. The normalized spacial score (nSPS) is 20.8. The highest BCUT2D eigenvalue weighted by molar-refractivity contribution is 14.0. The van der Waals surface area contributed by atoms with E-state index in [-0.39, 0.29) is 47.8 Å². The van der Waals surface area contributed by atoms with Crippen molar-refractivity contribution in [1.82, 2.24) is 20.4 Å². The van der Waals surface area contributed by atoms with Crippen LogP contribution in [0.1, 0.15) is 65.7 Å². The van der Waals surface area contributed by atoms with E-state index in [1.165, 1.54) is 17.7 Å². The Labute approximate surface area is 212 Å². The van der Waals surface area contributed by atoms with Gasteiger partial charge in [-0.25, -0.2) is 0 Å². The number of likely N-dealkylation sites (tertiary alicyclic amines) is 1. The predicted octanol–water partition coefficient (Wildman–Crippen LogP) is 2.64. The maximum Gasteiger partial charge on any atom is 0.261 e. The van der Waals surface area contributed by atoms with Crippen molar-refractivity contribution in [2.75, 3.05) is 33.2 Å². The zero-order valence-electron chi connectivity index (χ0n) is 19.2. The molecule has 180 valence electrons. The molecule has 1 unspecified atom stereocenters. The van der Waals surface area contributed by atoms with E-state index in [9.17, 15) is 14.4 Å². The van der Waals surface area contributed by atoms with Crippen LogP contribution < -0.4 is 10.6 Å². The Hall–Kier alpha value is -2.17. The minimum Gasteiger partial charge on any atom is -0.356 e. The fourth-order valence-corrected chi connectivity index (χ4v) is 4.94. The molecule has 3 amide bonds. The number of guanidine groups is 1. The lowest BCUT2D eigenvalue weighted by Gasteiger charge is -2.21. The molecule has 3 aliphatic rings. The van der Waals surface area contributed by atoms with E-state index in [0.717, 1.165) is 51.2 Å². The Balaban J connectivity index is 0.00000306. The van der Waals surface area contributed by atoms with Gasteiger partial charge in [-0.1, -0.05) is 25.0 Å². The zero-order valence-corrected chi connectivity index (χ0v) is 21.5. The third-order valence-electron chi connectivity index (χ3n) is 6.75. The van der Waals surface area contributed by atoms with Crippen LogP contribution in [0.4, 0.5) is 0 Å². The first-order valence-corrected chi connectivity index (χ1v) is 11.8. The van der Waals surface area contributed by atoms with Gasteiger partial charge >= 0.3 is 0 Å². The van der Waals surface area contributed by atoms with Crippen molar-refractivity contribution in [2.45, 2.75) is 51.0 Å². The summed E-state index contributed by atoms with van der Waals surface area (Å²) in [5.74, 6) is 0.880. The molecule has 2 fully saturated rings. The van der Waals surface area contributed by atoms with Crippen LogP contribution in [0.2, 0.25) is 0 Å². The Morgan fingerprint density at radius 3 is 2.36 bits per heavy atom. The maximum absolute atomic E-state index is 12.6. The van der Waals surface area contributed by atoms with Crippen molar-refractivity contribution in [3.8, 4) is 0 Å². The average Bonchev–Trinajstić information content (AvgIpc) is 3.55. The van der Waals surface area contributed by atoms with E-state index < -0.39 is 0 Å². The molecule has 0 radical (unpaired) electrons. The molecule has 1 aromatic rings. The van der Waals surface area contributed by atoms with Crippen LogP contribution in [0, 0.1) is 5.92 Å². The lowest BCUT2D eigenvalue weighted by molar-refractivity contribution is -0.134. The van der Waals surface area contributed by atoms with E-state index in [2.05, 4.69) is 15.6 Å². The van der Waals surface area contributed by atoms with Crippen molar-refractivity contribution in [3.05, 3.63) is 35.4 Å². The predicted molar refractivity (Wildman–Crippen MR) is 138 cm³/mol. The second-order valence-electron chi connectivity index (χ2n) is 8.91. The number of carbonyl (C=O) groups is 3. The quantitative estimate of drug-likeness (QED) is 0.174. The first-order valence-electron chi connectivity index (χ1n) is 11.8. The molecule has 0 spiro atoms. The first kappa shape index (κ1) is 25.5. The van der Waals surface area contributed by atoms with E-state index in [0.29, 0.717) is 30.1 Å². The monoisotopic (exact) mass is 567 g/mol. The number of nitrogens with zero attached hydrogens (tertiary/aromatic N) is 3. The standard InChI is InChI=1S/C24H33N5O3.HI/c1-25-24(27-18-12-15-28(16-18)21(30)17-8-2-3-9-17)26-13-6-7-14-29-22(31)19-10-4-5-11-20(19)23(29)32;/h4-5,10-11,17-18H,2-3,6-9,12-16H2,1H3,(H2,25,26,27);1H. The first-order chi connectivity index (χ1) is 15.6. The molecule has 1 atom stereocenters. The van der Waals surface area contributed by atoms with Gasteiger partial charge in [0.05, 0.1) is 11.1 Å². The molecule has 2 aliphatic heterocycles. The second-order valence-corrected chi connectivity index (χ2v) is 8.91. The van der Waals surface area contributed by atoms with Gasteiger partial charge in [-0.15, -0.1) is 24.0 Å². The fraction of sp³-hybridized carbons (Fsp3) is 0.583. The molecule has 33 heavy (non-hydrogen) atoms. The minimum atomic E-state index is -0.200. The van der Waals surface area contributed by atoms with Gasteiger partial charge in [0, 0.05) is 45.2 Å². The van der Waals surface area contributed by atoms with Gasteiger partial charge < -0.3 is 15.5 Å². The van der Waals surface area contributed by atoms with Crippen LogP contribution in [0.15, 0.2) is 29.3 Å². The topological polar surface area (TPSA) is 94.1 Å². The zero-order chi connectivity index (χ0) is 22.5. The van der Waals surface area contributed by atoms with E-state index in [1.54, 1.807) is 31.3 Å². The molecule has 1 aromatic carbocycles. The molecule has 2 N–H and O–H groups in total. The van der Waals surface area contributed by atoms with Crippen LogP contribution >= 0.6 is 24.0 Å². The molecule has 1 saturated heterocycles. The minimum absolute atomic E-state index is 0. The number of rotatable bonds is 7. The second kappa shape index (κ2) is 11.8. The molecule has 0 bridgehead atoms. The Morgan fingerprint density at radius 2 is 1.73 bits per heavy atom. The van der Waals surface area contributed by atoms with E-state index in [4.69, 9.17) is 0 Å². The molecule has 8 nitrogen and oxygen atoms in total. The summed E-state index contributed by atoms with van der Waals surface area (Å²) in [7, 11) is 1.74. The number of carbonyl (C=O) groups excluding carboxylic acids is 3. The van der Waals surface area contributed by atoms with Gasteiger partial charge in [-0.2, -0.15) is 0 Å². The SMILES string of the molecule is CN=C(NCCCCN1C(=O)c2ccccc2C1=O)NC1CCN(C(=O)C2CCCC2)C1.I. The van der Waals surface area contributed by atoms with Crippen molar-refractivity contribution in [3.63, 3.8) is 0 Å². The molecule has 9 heteroatoms. The highest BCUT2D eigenvalue weighted by Gasteiger charge is 2.34. The lowest BCUT2D eigenvalue weighted by Crippen LogP contribution is -2.45. The third-order valence-corrected chi connectivity index (χ3v) is 6.75. The van der Waals surface area contributed by atoms with Crippen LogP contribution in [-0.4, -0.2) is 72.7 Å². The Bertz CT molecular complexity index is 865. The van der Waals surface area contributed by atoms with Crippen molar-refractivity contribution >= 4 is 47.7 Å². The highest BCUT2D eigenvalue weighted by atomic mass is 127. The van der Waals surface area contributed by atoms with Gasteiger partial charge in [0.15, 0.2) is 5.96 Å². The number of aliphatic imine (C=N–C) groups is 1. The Kier molecular flexibility index (Phi) is 9.10. The lowest BCUT2D eigenvalue weighted by atomic mass is 10.1.